The lowest BCUT2D eigenvalue weighted by Gasteiger charge is -2.10. The highest BCUT2D eigenvalue weighted by atomic mass is 31.2. The van der Waals surface area contributed by atoms with Gasteiger partial charge in [0.05, 0.1) is 0 Å². The Hall–Kier alpha value is -0.450. The fraction of sp³-hybridized carbons (Fsp3) is 0.750. The normalized spacial score (nSPS) is 14.2. The van der Waals surface area contributed by atoms with Gasteiger partial charge in [-0.05, 0) is 6.42 Å². The second-order valence-electron chi connectivity index (χ2n) is 1.91. The molecule has 0 amide bonds. The van der Waals surface area contributed by atoms with Crippen molar-refractivity contribution in [2.24, 2.45) is 0 Å². The quantitative estimate of drug-likeness (QED) is 0.622. The summed E-state index contributed by atoms with van der Waals surface area (Å²) >= 11 is 0. The zero-order valence-corrected chi connectivity index (χ0v) is 6.62. The van der Waals surface area contributed by atoms with Crippen molar-refractivity contribution in [3.8, 4) is 0 Å². The summed E-state index contributed by atoms with van der Waals surface area (Å²) in [6.45, 7) is 1.35. The van der Waals surface area contributed by atoms with E-state index in [4.69, 9.17) is 9.79 Å². The molecule has 0 aromatic carbocycles. The average Bonchev–Trinajstić information content (AvgIpc) is 1.86. The molecule has 2 N–H and O–H groups in total. The Morgan fingerprint density at radius 2 is 2.18 bits per heavy atom. The summed E-state index contributed by atoms with van der Waals surface area (Å²) in [6, 6.07) is 0. The Bertz CT molecular complexity index is 187. The van der Waals surface area contributed by atoms with Crippen molar-refractivity contribution >= 4 is 13.6 Å². The monoisotopic (exact) mass is 186 g/mol. The van der Waals surface area contributed by atoms with Crippen LogP contribution in [0.2, 0.25) is 0 Å². The summed E-state index contributed by atoms with van der Waals surface area (Å²) in [5.74, 6) is -1.53. The first-order valence-electron chi connectivity index (χ1n) is 2.81. The van der Waals surface area contributed by atoms with Crippen molar-refractivity contribution in [1.29, 1.82) is 0 Å². The van der Waals surface area contributed by atoms with Crippen LogP contribution in [0.5, 0.6) is 0 Å². The van der Waals surface area contributed by atoms with Crippen LogP contribution < -0.4 is 0 Å². The van der Waals surface area contributed by atoms with Crippen molar-refractivity contribution in [1.82, 2.24) is 0 Å². The van der Waals surface area contributed by atoms with Crippen LogP contribution in [0.1, 0.15) is 13.3 Å². The molecule has 0 rings (SSSR count). The smallest absolute Gasteiger partial charge is 0.324 e. The van der Waals surface area contributed by atoms with Crippen LogP contribution in [0.25, 0.3) is 0 Å². The number of halogens is 1. The lowest BCUT2D eigenvalue weighted by atomic mass is 10.3. The standard InChI is InChI=1S/C4H8FO5P/c1-2-3(4(6)10-5)11(7,8)9/h3H,2H2,1H3,(H2,7,8,9). The van der Waals surface area contributed by atoms with Gasteiger partial charge in [0, 0.05) is 4.53 Å². The SMILES string of the molecule is CCC(C(=O)OF)P(=O)(O)O. The van der Waals surface area contributed by atoms with Crippen molar-refractivity contribution in [3.63, 3.8) is 0 Å². The highest BCUT2D eigenvalue weighted by Crippen LogP contribution is 2.43. The van der Waals surface area contributed by atoms with Gasteiger partial charge in [0.1, 0.15) is 0 Å². The lowest BCUT2D eigenvalue weighted by molar-refractivity contribution is -0.183. The molecule has 0 heterocycles. The molecule has 0 aliphatic carbocycles. The van der Waals surface area contributed by atoms with E-state index in [1.165, 1.54) is 6.92 Å². The largest absolute Gasteiger partial charge is 0.363 e. The first-order valence-corrected chi connectivity index (χ1v) is 4.49. The average molecular weight is 186 g/mol. The summed E-state index contributed by atoms with van der Waals surface area (Å²) in [6.07, 6.45) is -0.160. The van der Waals surface area contributed by atoms with Gasteiger partial charge in [-0.1, -0.05) is 6.92 Å². The molecule has 0 aromatic heterocycles. The van der Waals surface area contributed by atoms with Crippen LogP contribution in [0, 0.1) is 0 Å². The van der Waals surface area contributed by atoms with Crippen LogP contribution in [0.3, 0.4) is 0 Å². The molecule has 1 atom stereocenters. The molecular formula is C4H8FO5P. The first kappa shape index (κ1) is 10.6. The minimum absolute atomic E-state index is 0.160. The van der Waals surface area contributed by atoms with Gasteiger partial charge in [0.25, 0.3) is 0 Å². The number of carbonyl (C=O) groups is 1. The third kappa shape index (κ3) is 2.96. The van der Waals surface area contributed by atoms with E-state index in [-0.39, 0.29) is 6.42 Å². The van der Waals surface area contributed by atoms with Gasteiger partial charge in [-0.3, -0.25) is 9.51 Å². The number of hydrogen-bond acceptors (Lipinski definition) is 3. The summed E-state index contributed by atoms with van der Waals surface area (Å²) in [4.78, 5) is 29.8. The molecule has 0 spiro atoms. The van der Waals surface area contributed by atoms with Gasteiger partial charge in [-0.2, -0.15) is 0 Å². The molecule has 5 nitrogen and oxygen atoms in total. The Morgan fingerprint density at radius 3 is 2.27 bits per heavy atom. The van der Waals surface area contributed by atoms with Gasteiger partial charge >= 0.3 is 13.6 Å². The van der Waals surface area contributed by atoms with Gasteiger partial charge in [0.2, 0.25) is 0 Å². The van der Waals surface area contributed by atoms with Crippen LogP contribution >= 0.6 is 7.60 Å². The molecule has 0 radical (unpaired) electrons. The van der Waals surface area contributed by atoms with Gasteiger partial charge in [-0.15, -0.1) is 0 Å². The summed E-state index contributed by atoms with van der Waals surface area (Å²) in [5.41, 5.74) is -1.69. The second-order valence-corrected chi connectivity index (χ2v) is 3.71. The van der Waals surface area contributed by atoms with Gasteiger partial charge in [0.15, 0.2) is 5.66 Å². The Morgan fingerprint density at radius 1 is 1.73 bits per heavy atom. The molecule has 0 bridgehead atoms. The Kier molecular flexibility index (Phi) is 3.65. The first-order chi connectivity index (χ1) is 4.93. The van der Waals surface area contributed by atoms with Crippen molar-refractivity contribution < 1.29 is 28.6 Å². The van der Waals surface area contributed by atoms with E-state index in [1.807, 2.05) is 0 Å². The second kappa shape index (κ2) is 3.80. The summed E-state index contributed by atoms with van der Waals surface area (Å²) < 4.78 is 21.6. The van der Waals surface area contributed by atoms with E-state index >= 15 is 0 Å². The third-order valence-corrected chi connectivity index (χ3v) is 2.53. The fourth-order valence-corrected chi connectivity index (χ4v) is 1.38. The maximum absolute atomic E-state index is 11.2. The van der Waals surface area contributed by atoms with Crippen LogP contribution in [0.4, 0.5) is 4.53 Å². The molecule has 0 saturated heterocycles. The van der Waals surface area contributed by atoms with E-state index < -0.39 is 19.2 Å². The number of rotatable bonds is 3. The summed E-state index contributed by atoms with van der Waals surface area (Å²) in [5, 5.41) is 0. The Balaban J connectivity index is 4.42. The van der Waals surface area contributed by atoms with Gasteiger partial charge < -0.3 is 9.79 Å². The highest BCUT2D eigenvalue weighted by molar-refractivity contribution is 7.53. The van der Waals surface area contributed by atoms with Crippen LogP contribution in [0.15, 0.2) is 0 Å². The molecule has 11 heavy (non-hydrogen) atoms. The molecule has 1 unspecified atom stereocenters. The van der Waals surface area contributed by atoms with Crippen LogP contribution in [-0.4, -0.2) is 21.4 Å². The van der Waals surface area contributed by atoms with E-state index in [9.17, 15) is 13.9 Å². The molecular weight excluding hydrogens is 178 g/mol. The molecule has 0 aliphatic heterocycles. The predicted molar refractivity (Wildman–Crippen MR) is 33.3 cm³/mol. The van der Waals surface area contributed by atoms with Crippen molar-refractivity contribution in [2.45, 2.75) is 19.0 Å². The van der Waals surface area contributed by atoms with E-state index in [2.05, 4.69) is 4.94 Å². The van der Waals surface area contributed by atoms with Crippen molar-refractivity contribution in [2.75, 3.05) is 0 Å². The lowest BCUT2D eigenvalue weighted by Crippen LogP contribution is -2.20. The molecule has 7 heteroatoms. The zero-order chi connectivity index (χ0) is 9.07. The molecule has 0 aliphatic rings. The predicted octanol–water partition coefficient (Wildman–Crippen LogP) is 0.370. The van der Waals surface area contributed by atoms with Gasteiger partial charge in [-0.25, -0.2) is 4.79 Å². The molecule has 0 fully saturated rings. The zero-order valence-electron chi connectivity index (χ0n) is 5.73. The highest BCUT2D eigenvalue weighted by Gasteiger charge is 2.36. The summed E-state index contributed by atoms with van der Waals surface area (Å²) in [7, 11) is -4.56. The molecule has 0 aromatic rings. The maximum Gasteiger partial charge on any atom is 0.363 e. The minimum atomic E-state index is -4.56. The van der Waals surface area contributed by atoms with Crippen molar-refractivity contribution in [3.05, 3.63) is 0 Å². The van der Waals surface area contributed by atoms with E-state index in [0.29, 0.717) is 0 Å². The van der Waals surface area contributed by atoms with E-state index in [0.717, 1.165) is 0 Å². The molecule has 66 valence electrons. The molecule has 0 saturated carbocycles. The minimum Gasteiger partial charge on any atom is -0.324 e. The number of carbonyl (C=O) groups excluding carboxylic acids is 1. The van der Waals surface area contributed by atoms with Crippen LogP contribution in [-0.2, 0) is 14.3 Å². The number of hydrogen-bond donors (Lipinski definition) is 2. The Labute approximate surface area is 62.2 Å². The third-order valence-electron chi connectivity index (χ3n) is 1.14. The maximum atomic E-state index is 11.2. The van der Waals surface area contributed by atoms with E-state index in [1.54, 1.807) is 0 Å². The topological polar surface area (TPSA) is 83.8 Å². The fourth-order valence-electron chi connectivity index (χ4n) is 0.593.